The van der Waals surface area contributed by atoms with Gasteiger partial charge in [-0.15, -0.1) is 11.8 Å². The fourth-order valence-corrected chi connectivity index (χ4v) is 1.66. The first kappa shape index (κ1) is 11.4. The van der Waals surface area contributed by atoms with Crippen LogP contribution in [0, 0.1) is 12.7 Å². The van der Waals surface area contributed by atoms with Gasteiger partial charge >= 0.3 is 6.18 Å². The number of thioether (sulfide) groups is 1. The molecule has 0 aliphatic rings. The standard InChI is InChI=1S/C9H8F4S/c1-5-6(9(11,12)13)3-4-7(14-2)8(5)10/h3-4H,1-2H3. The van der Waals surface area contributed by atoms with E-state index >= 15 is 0 Å². The van der Waals surface area contributed by atoms with Crippen LogP contribution in [0.1, 0.15) is 11.1 Å². The molecule has 1 rings (SSSR count). The maximum atomic E-state index is 13.3. The van der Waals surface area contributed by atoms with Gasteiger partial charge in [0.25, 0.3) is 0 Å². The van der Waals surface area contributed by atoms with Crippen molar-refractivity contribution in [2.24, 2.45) is 0 Å². The molecule has 0 fully saturated rings. The van der Waals surface area contributed by atoms with E-state index in [1.807, 2.05) is 0 Å². The van der Waals surface area contributed by atoms with E-state index in [4.69, 9.17) is 0 Å². The van der Waals surface area contributed by atoms with Crippen LogP contribution in [0.2, 0.25) is 0 Å². The number of alkyl halides is 3. The zero-order valence-electron chi connectivity index (χ0n) is 7.57. The monoisotopic (exact) mass is 224 g/mol. The van der Waals surface area contributed by atoms with Crippen molar-refractivity contribution in [3.8, 4) is 0 Å². The Bertz CT molecular complexity index is 343. The van der Waals surface area contributed by atoms with Crippen LogP contribution in [0.15, 0.2) is 17.0 Å². The Labute approximate surface area is 83.3 Å². The summed E-state index contributed by atoms with van der Waals surface area (Å²) in [5, 5.41) is 0. The Morgan fingerprint density at radius 2 is 1.79 bits per heavy atom. The molecular formula is C9H8F4S. The highest BCUT2D eigenvalue weighted by Gasteiger charge is 2.33. The first-order chi connectivity index (χ1) is 6.38. The number of hydrogen-bond acceptors (Lipinski definition) is 1. The lowest BCUT2D eigenvalue weighted by Crippen LogP contribution is -2.09. The van der Waals surface area contributed by atoms with E-state index in [0.29, 0.717) is 0 Å². The van der Waals surface area contributed by atoms with Gasteiger partial charge in [-0.1, -0.05) is 0 Å². The third-order valence-corrected chi connectivity index (χ3v) is 2.63. The van der Waals surface area contributed by atoms with Gasteiger partial charge in [0.05, 0.1) is 5.56 Å². The van der Waals surface area contributed by atoms with E-state index < -0.39 is 17.6 Å². The van der Waals surface area contributed by atoms with Gasteiger partial charge in [-0.3, -0.25) is 0 Å². The molecule has 0 aliphatic heterocycles. The molecule has 0 N–H and O–H groups in total. The van der Waals surface area contributed by atoms with Gasteiger partial charge in [-0.2, -0.15) is 13.2 Å². The largest absolute Gasteiger partial charge is 0.416 e. The second-order valence-electron chi connectivity index (χ2n) is 2.75. The molecule has 1 aromatic carbocycles. The highest BCUT2D eigenvalue weighted by molar-refractivity contribution is 7.98. The summed E-state index contributed by atoms with van der Waals surface area (Å²) in [5.41, 5.74) is -1.25. The average molecular weight is 224 g/mol. The summed E-state index contributed by atoms with van der Waals surface area (Å²) >= 11 is 1.09. The fraction of sp³-hybridized carbons (Fsp3) is 0.333. The summed E-state index contributed by atoms with van der Waals surface area (Å²) < 4.78 is 50.1. The van der Waals surface area contributed by atoms with E-state index in [1.54, 1.807) is 6.26 Å². The predicted molar refractivity (Wildman–Crippen MR) is 47.9 cm³/mol. The summed E-state index contributed by atoms with van der Waals surface area (Å²) in [6, 6.07) is 2.06. The summed E-state index contributed by atoms with van der Waals surface area (Å²) in [5.74, 6) is -0.785. The lowest BCUT2D eigenvalue weighted by Gasteiger charge is -2.12. The minimum atomic E-state index is -4.48. The lowest BCUT2D eigenvalue weighted by atomic mass is 10.1. The number of benzene rings is 1. The quantitative estimate of drug-likeness (QED) is 0.515. The minimum Gasteiger partial charge on any atom is -0.205 e. The van der Waals surface area contributed by atoms with Crippen molar-refractivity contribution in [2.45, 2.75) is 18.0 Å². The van der Waals surface area contributed by atoms with Crippen LogP contribution in [-0.2, 0) is 6.18 Å². The van der Waals surface area contributed by atoms with Gasteiger partial charge < -0.3 is 0 Å². The van der Waals surface area contributed by atoms with E-state index in [0.717, 1.165) is 30.8 Å². The molecule has 78 valence electrons. The molecule has 0 saturated heterocycles. The molecule has 0 radical (unpaired) electrons. The van der Waals surface area contributed by atoms with Gasteiger partial charge in [0.1, 0.15) is 5.82 Å². The summed E-state index contributed by atoms with van der Waals surface area (Å²) in [7, 11) is 0. The average Bonchev–Trinajstić information content (AvgIpc) is 2.07. The molecule has 0 unspecified atom stereocenters. The Morgan fingerprint density at radius 1 is 1.21 bits per heavy atom. The molecule has 5 heteroatoms. The van der Waals surface area contributed by atoms with Crippen LogP contribution >= 0.6 is 11.8 Å². The second-order valence-corrected chi connectivity index (χ2v) is 3.60. The Hall–Kier alpha value is -0.710. The Morgan fingerprint density at radius 3 is 2.21 bits per heavy atom. The van der Waals surface area contributed by atoms with Crippen molar-refractivity contribution >= 4 is 11.8 Å². The number of halogens is 4. The van der Waals surface area contributed by atoms with Gasteiger partial charge in [0.15, 0.2) is 0 Å². The van der Waals surface area contributed by atoms with Crippen molar-refractivity contribution in [2.75, 3.05) is 6.26 Å². The molecule has 0 heterocycles. The third-order valence-electron chi connectivity index (χ3n) is 1.88. The van der Waals surface area contributed by atoms with Crippen molar-refractivity contribution in [1.29, 1.82) is 0 Å². The summed E-state index contributed by atoms with van der Waals surface area (Å²) in [4.78, 5) is 0.232. The highest BCUT2D eigenvalue weighted by Crippen LogP contribution is 2.35. The van der Waals surface area contributed by atoms with Gasteiger partial charge in [0, 0.05) is 4.90 Å². The highest BCUT2D eigenvalue weighted by atomic mass is 32.2. The molecule has 0 saturated carbocycles. The number of rotatable bonds is 1. The van der Waals surface area contributed by atoms with Crippen LogP contribution < -0.4 is 0 Å². The molecule has 1 aromatic rings. The molecule has 0 aliphatic carbocycles. The minimum absolute atomic E-state index is 0.232. The van der Waals surface area contributed by atoms with E-state index in [1.165, 1.54) is 0 Å². The van der Waals surface area contributed by atoms with Crippen molar-refractivity contribution < 1.29 is 17.6 Å². The smallest absolute Gasteiger partial charge is 0.205 e. The van der Waals surface area contributed by atoms with Crippen LogP contribution in [-0.4, -0.2) is 6.26 Å². The van der Waals surface area contributed by atoms with Crippen molar-refractivity contribution in [3.05, 3.63) is 29.1 Å². The number of hydrogen-bond donors (Lipinski definition) is 0. The lowest BCUT2D eigenvalue weighted by molar-refractivity contribution is -0.138. The zero-order chi connectivity index (χ0) is 10.9. The maximum absolute atomic E-state index is 13.3. The van der Waals surface area contributed by atoms with Crippen LogP contribution in [0.4, 0.5) is 17.6 Å². The second kappa shape index (κ2) is 3.81. The Balaban J connectivity index is 3.31. The van der Waals surface area contributed by atoms with Crippen LogP contribution in [0.25, 0.3) is 0 Å². The van der Waals surface area contributed by atoms with Crippen molar-refractivity contribution in [1.82, 2.24) is 0 Å². The van der Waals surface area contributed by atoms with Gasteiger partial charge in [-0.05, 0) is 30.9 Å². The zero-order valence-corrected chi connectivity index (χ0v) is 8.39. The summed E-state index contributed by atoms with van der Waals surface area (Å²) in [6.45, 7) is 1.14. The third kappa shape index (κ3) is 2.03. The normalized spacial score (nSPS) is 11.9. The van der Waals surface area contributed by atoms with Crippen molar-refractivity contribution in [3.63, 3.8) is 0 Å². The van der Waals surface area contributed by atoms with E-state index in [9.17, 15) is 17.6 Å². The first-order valence-electron chi connectivity index (χ1n) is 3.78. The molecule has 0 spiro atoms. The maximum Gasteiger partial charge on any atom is 0.416 e. The van der Waals surface area contributed by atoms with Crippen LogP contribution in [0.3, 0.4) is 0 Å². The first-order valence-corrected chi connectivity index (χ1v) is 5.00. The topological polar surface area (TPSA) is 0 Å². The summed E-state index contributed by atoms with van der Waals surface area (Å²) in [6.07, 6.45) is -2.87. The molecule has 0 nitrogen and oxygen atoms in total. The molecule has 0 atom stereocenters. The van der Waals surface area contributed by atoms with Crippen LogP contribution in [0.5, 0.6) is 0 Å². The Kier molecular flexibility index (Phi) is 3.09. The molecule has 14 heavy (non-hydrogen) atoms. The molecule has 0 bridgehead atoms. The van der Waals surface area contributed by atoms with E-state index in [-0.39, 0.29) is 10.5 Å². The van der Waals surface area contributed by atoms with Gasteiger partial charge in [0.2, 0.25) is 0 Å². The SMILES string of the molecule is CSc1ccc(C(F)(F)F)c(C)c1F. The fourth-order valence-electron chi connectivity index (χ4n) is 1.12. The predicted octanol–water partition coefficient (Wildman–Crippen LogP) is 3.87. The molecular weight excluding hydrogens is 216 g/mol. The van der Waals surface area contributed by atoms with Gasteiger partial charge in [-0.25, -0.2) is 4.39 Å². The van der Waals surface area contributed by atoms with E-state index in [2.05, 4.69) is 0 Å². The molecule has 0 aromatic heterocycles. The molecule has 0 amide bonds.